The summed E-state index contributed by atoms with van der Waals surface area (Å²) in [4.78, 5) is 21.5. The quantitative estimate of drug-likeness (QED) is 0.538. The molecule has 5 N–H and O–H groups in total. The highest BCUT2D eigenvalue weighted by atomic mass is 32.2. The highest BCUT2D eigenvalue weighted by Crippen LogP contribution is 2.08. The topological polar surface area (TPSA) is 132 Å². The van der Waals surface area contributed by atoms with E-state index in [9.17, 15) is 18.0 Å². The van der Waals surface area contributed by atoms with Gasteiger partial charge in [0.05, 0.1) is 5.25 Å². The maximum absolute atomic E-state index is 11.6. The Morgan fingerprint density at radius 3 is 2.13 bits per heavy atom. The van der Waals surface area contributed by atoms with Crippen LogP contribution >= 0.6 is 0 Å². The van der Waals surface area contributed by atoms with Gasteiger partial charge in [0.1, 0.15) is 5.25 Å². The maximum Gasteiger partial charge on any atom is 0.318 e. The van der Waals surface area contributed by atoms with E-state index in [1.807, 2.05) is 0 Å². The van der Waals surface area contributed by atoms with Crippen LogP contribution in [0.2, 0.25) is 0 Å². The summed E-state index contributed by atoms with van der Waals surface area (Å²) in [7, 11) is -3.68. The van der Waals surface area contributed by atoms with Gasteiger partial charge in [-0.05, 0) is 13.8 Å². The summed E-state index contributed by atoms with van der Waals surface area (Å²) < 4.78 is 23.2. The fourth-order valence-corrected chi connectivity index (χ4v) is 2.18. The maximum atomic E-state index is 11.6. The van der Waals surface area contributed by atoms with E-state index in [0.717, 1.165) is 0 Å². The van der Waals surface area contributed by atoms with Gasteiger partial charge in [-0.2, -0.15) is 0 Å². The molecule has 0 aliphatic rings. The minimum Gasteiger partial charge on any atom is -0.351 e. The van der Waals surface area contributed by atoms with Crippen LogP contribution in [-0.2, 0) is 14.6 Å². The minimum atomic E-state index is -3.68. The van der Waals surface area contributed by atoms with Crippen molar-refractivity contribution in [2.24, 2.45) is 11.5 Å². The number of imide groups is 1. The van der Waals surface area contributed by atoms with Crippen molar-refractivity contribution >= 4 is 21.8 Å². The molecular weight excluding hydrogens is 222 g/mol. The van der Waals surface area contributed by atoms with Gasteiger partial charge in [0.15, 0.2) is 9.84 Å². The van der Waals surface area contributed by atoms with Crippen LogP contribution in [0, 0.1) is 0 Å². The normalized spacial score (nSPS) is 15.4. The molecule has 0 saturated carbocycles. The summed E-state index contributed by atoms with van der Waals surface area (Å²) in [5.41, 5.74) is 9.89. The molecule has 3 amide bonds. The second-order valence-corrected chi connectivity index (χ2v) is 5.82. The zero-order valence-electron chi connectivity index (χ0n) is 8.56. The first-order valence-electron chi connectivity index (χ1n) is 4.26. The molecule has 0 rings (SSSR count). The van der Waals surface area contributed by atoms with E-state index in [-0.39, 0.29) is 6.54 Å². The van der Waals surface area contributed by atoms with Crippen molar-refractivity contribution in [2.75, 3.05) is 6.54 Å². The molecule has 0 aromatic heterocycles. The van der Waals surface area contributed by atoms with Gasteiger partial charge >= 0.3 is 6.03 Å². The number of sulfone groups is 1. The highest BCUT2D eigenvalue weighted by Gasteiger charge is 2.32. The van der Waals surface area contributed by atoms with Crippen LogP contribution < -0.4 is 16.8 Å². The van der Waals surface area contributed by atoms with Crippen LogP contribution in [0.25, 0.3) is 0 Å². The Labute approximate surface area is 88.1 Å². The standard InChI is InChI=1S/C7H15N3O4S/c1-4(3-8)15(13,14)5(2)6(11)10-7(9)12/h4-5H,3,8H2,1-2H3,(H3,9,10,11,12). The van der Waals surface area contributed by atoms with Crippen LogP contribution in [0.15, 0.2) is 0 Å². The van der Waals surface area contributed by atoms with Gasteiger partial charge in [-0.1, -0.05) is 0 Å². The Morgan fingerprint density at radius 2 is 1.80 bits per heavy atom. The van der Waals surface area contributed by atoms with Gasteiger partial charge in [-0.15, -0.1) is 0 Å². The molecule has 0 aliphatic carbocycles. The Kier molecular flexibility index (Phi) is 4.69. The average Bonchev–Trinajstić information content (AvgIpc) is 2.13. The first-order chi connectivity index (χ1) is 6.73. The number of carbonyl (C=O) groups excluding carboxylic acids is 2. The lowest BCUT2D eigenvalue weighted by molar-refractivity contribution is -0.119. The van der Waals surface area contributed by atoms with Gasteiger partial charge in [-0.25, -0.2) is 13.2 Å². The molecule has 0 fully saturated rings. The van der Waals surface area contributed by atoms with Gasteiger partial charge in [-0.3, -0.25) is 10.1 Å². The van der Waals surface area contributed by atoms with E-state index in [1.54, 1.807) is 5.32 Å². The zero-order valence-corrected chi connectivity index (χ0v) is 9.37. The predicted octanol–water partition coefficient (Wildman–Crippen LogP) is -1.67. The smallest absolute Gasteiger partial charge is 0.318 e. The number of rotatable bonds is 4. The predicted molar refractivity (Wildman–Crippen MR) is 54.6 cm³/mol. The third kappa shape index (κ3) is 3.48. The van der Waals surface area contributed by atoms with Crippen LogP contribution in [0.1, 0.15) is 13.8 Å². The van der Waals surface area contributed by atoms with Crippen molar-refractivity contribution in [1.82, 2.24) is 5.32 Å². The van der Waals surface area contributed by atoms with Crippen molar-refractivity contribution in [3.05, 3.63) is 0 Å². The fraction of sp³-hybridized carbons (Fsp3) is 0.714. The molecule has 2 unspecified atom stereocenters. The number of carbonyl (C=O) groups is 2. The number of nitrogens with two attached hydrogens (primary N) is 2. The third-order valence-corrected chi connectivity index (χ3v) is 4.51. The minimum absolute atomic E-state index is 0.0868. The molecule has 0 spiro atoms. The number of nitrogens with one attached hydrogen (secondary N) is 1. The molecule has 8 heteroatoms. The van der Waals surface area contributed by atoms with Crippen LogP contribution in [-0.4, -0.2) is 37.4 Å². The number of amides is 3. The number of primary amides is 1. The molecule has 0 aromatic rings. The lowest BCUT2D eigenvalue weighted by Crippen LogP contribution is -2.46. The summed E-state index contributed by atoms with van der Waals surface area (Å²) in [6.45, 7) is 2.49. The summed E-state index contributed by atoms with van der Waals surface area (Å²) in [5, 5.41) is -0.478. The summed E-state index contributed by atoms with van der Waals surface area (Å²) >= 11 is 0. The Balaban J connectivity index is 4.78. The molecule has 0 radical (unpaired) electrons. The molecule has 88 valence electrons. The molecule has 0 saturated heterocycles. The molecule has 7 nitrogen and oxygen atoms in total. The van der Waals surface area contributed by atoms with Gasteiger partial charge < -0.3 is 11.5 Å². The van der Waals surface area contributed by atoms with Crippen molar-refractivity contribution in [2.45, 2.75) is 24.3 Å². The van der Waals surface area contributed by atoms with Crippen LogP contribution in [0.4, 0.5) is 4.79 Å². The van der Waals surface area contributed by atoms with E-state index >= 15 is 0 Å². The summed E-state index contributed by atoms with van der Waals surface area (Å²) in [6, 6.07) is -1.08. The van der Waals surface area contributed by atoms with Gasteiger partial charge in [0, 0.05) is 6.54 Å². The lowest BCUT2D eigenvalue weighted by atomic mass is 10.4. The van der Waals surface area contributed by atoms with E-state index in [4.69, 9.17) is 11.5 Å². The van der Waals surface area contributed by atoms with Crippen molar-refractivity contribution in [1.29, 1.82) is 0 Å². The lowest BCUT2D eigenvalue weighted by Gasteiger charge is -2.16. The molecule has 0 aliphatic heterocycles. The highest BCUT2D eigenvalue weighted by molar-refractivity contribution is 7.93. The first kappa shape index (κ1) is 13.8. The van der Waals surface area contributed by atoms with Crippen LogP contribution in [0.3, 0.4) is 0 Å². The van der Waals surface area contributed by atoms with E-state index in [0.29, 0.717) is 0 Å². The second kappa shape index (κ2) is 5.08. The Hall–Kier alpha value is -1.15. The number of urea groups is 1. The molecule has 0 aromatic carbocycles. The van der Waals surface area contributed by atoms with Crippen molar-refractivity contribution in [3.8, 4) is 0 Å². The number of hydrogen-bond acceptors (Lipinski definition) is 5. The molecule has 0 bridgehead atoms. The SMILES string of the molecule is CC(CN)S(=O)(=O)C(C)C(=O)NC(N)=O. The average molecular weight is 237 g/mol. The third-order valence-electron chi connectivity index (χ3n) is 2.00. The largest absolute Gasteiger partial charge is 0.351 e. The van der Waals surface area contributed by atoms with Gasteiger partial charge in [0.2, 0.25) is 5.91 Å². The van der Waals surface area contributed by atoms with Crippen molar-refractivity contribution < 1.29 is 18.0 Å². The van der Waals surface area contributed by atoms with E-state index in [2.05, 4.69) is 0 Å². The summed E-state index contributed by atoms with van der Waals surface area (Å²) in [5.74, 6) is -0.942. The van der Waals surface area contributed by atoms with Crippen LogP contribution in [0.5, 0.6) is 0 Å². The summed E-state index contributed by atoms with van der Waals surface area (Å²) in [6.07, 6.45) is 0. The zero-order chi connectivity index (χ0) is 12.2. The Morgan fingerprint density at radius 1 is 1.33 bits per heavy atom. The molecule has 15 heavy (non-hydrogen) atoms. The Bertz CT molecular complexity index is 351. The number of hydrogen-bond donors (Lipinski definition) is 3. The van der Waals surface area contributed by atoms with Gasteiger partial charge in [0.25, 0.3) is 0 Å². The monoisotopic (exact) mass is 237 g/mol. The first-order valence-corrected chi connectivity index (χ1v) is 5.87. The second-order valence-electron chi connectivity index (χ2n) is 3.13. The fourth-order valence-electron chi connectivity index (χ4n) is 0.855. The molecule has 0 heterocycles. The van der Waals surface area contributed by atoms with E-state index in [1.165, 1.54) is 13.8 Å². The molecule has 2 atom stereocenters. The van der Waals surface area contributed by atoms with E-state index < -0.39 is 32.3 Å². The molecular formula is C7H15N3O4S. The van der Waals surface area contributed by atoms with Crippen molar-refractivity contribution in [3.63, 3.8) is 0 Å².